The summed E-state index contributed by atoms with van der Waals surface area (Å²) < 4.78 is 0. The summed E-state index contributed by atoms with van der Waals surface area (Å²) in [7, 11) is 0. The topological polar surface area (TPSA) is 24.7 Å². The standard InChI is InChI=1S/C12H22N2/c1-10(2,3)9-8-13-12(7,14-9)11(4,5)6/h8H,1-7H3/t12-/m0/s1. The molecule has 0 radical (unpaired) electrons. The Morgan fingerprint density at radius 2 is 1.57 bits per heavy atom. The molecule has 0 spiro atoms. The molecular weight excluding hydrogens is 172 g/mol. The van der Waals surface area contributed by atoms with Crippen LogP contribution >= 0.6 is 0 Å². The van der Waals surface area contributed by atoms with Gasteiger partial charge in [0, 0.05) is 17.0 Å². The van der Waals surface area contributed by atoms with Crippen LogP contribution in [0.2, 0.25) is 0 Å². The van der Waals surface area contributed by atoms with Crippen LogP contribution in [-0.4, -0.2) is 17.6 Å². The van der Waals surface area contributed by atoms with E-state index in [4.69, 9.17) is 4.99 Å². The highest BCUT2D eigenvalue weighted by Gasteiger charge is 2.40. The zero-order chi connectivity index (χ0) is 11.2. The van der Waals surface area contributed by atoms with Gasteiger partial charge in [-0.1, -0.05) is 41.5 Å². The minimum Gasteiger partial charge on any atom is -0.261 e. The van der Waals surface area contributed by atoms with E-state index < -0.39 is 0 Å². The molecule has 0 unspecified atom stereocenters. The summed E-state index contributed by atoms with van der Waals surface area (Å²) in [5.74, 6) is 0. The van der Waals surface area contributed by atoms with Crippen LogP contribution in [0.5, 0.6) is 0 Å². The van der Waals surface area contributed by atoms with Crippen molar-refractivity contribution < 1.29 is 0 Å². The lowest BCUT2D eigenvalue weighted by Crippen LogP contribution is -2.35. The molecule has 1 rings (SSSR count). The zero-order valence-corrected chi connectivity index (χ0v) is 10.5. The molecule has 0 fully saturated rings. The van der Waals surface area contributed by atoms with Gasteiger partial charge >= 0.3 is 0 Å². The van der Waals surface area contributed by atoms with Gasteiger partial charge in [0.2, 0.25) is 0 Å². The van der Waals surface area contributed by atoms with Crippen LogP contribution in [0, 0.1) is 10.8 Å². The third-order valence-corrected chi connectivity index (χ3v) is 2.97. The van der Waals surface area contributed by atoms with Gasteiger partial charge in [0.15, 0.2) is 5.66 Å². The lowest BCUT2D eigenvalue weighted by Gasteiger charge is -2.33. The van der Waals surface area contributed by atoms with Crippen LogP contribution in [0.25, 0.3) is 0 Å². The summed E-state index contributed by atoms with van der Waals surface area (Å²) in [5, 5.41) is 0. The fourth-order valence-corrected chi connectivity index (χ4v) is 1.20. The van der Waals surface area contributed by atoms with Gasteiger partial charge in [-0.15, -0.1) is 0 Å². The molecule has 2 heteroatoms. The Kier molecular flexibility index (Phi) is 2.38. The summed E-state index contributed by atoms with van der Waals surface area (Å²) in [4.78, 5) is 9.32. The fraction of sp³-hybridized carbons (Fsp3) is 0.833. The highest BCUT2D eigenvalue weighted by molar-refractivity contribution is 6.34. The Morgan fingerprint density at radius 1 is 1.07 bits per heavy atom. The minimum absolute atomic E-state index is 0.0799. The number of rotatable bonds is 0. The molecule has 1 aliphatic heterocycles. The van der Waals surface area contributed by atoms with Crippen LogP contribution in [0.4, 0.5) is 0 Å². The lowest BCUT2D eigenvalue weighted by molar-refractivity contribution is 0.225. The molecular formula is C12H22N2. The van der Waals surface area contributed by atoms with Gasteiger partial charge in [-0.25, -0.2) is 0 Å². The van der Waals surface area contributed by atoms with Crippen LogP contribution < -0.4 is 0 Å². The second-order valence-corrected chi connectivity index (χ2v) is 6.28. The zero-order valence-electron chi connectivity index (χ0n) is 10.5. The molecule has 1 heterocycles. The van der Waals surface area contributed by atoms with E-state index in [2.05, 4.69) is 53.5 Å². The first-order valence-corrected chi connectivity index (χ1v) is 5.22. The van der Waals surface area contributed by atoms with Crippen molar-refractivity contribution in [1.82, 2.24) is 0 Å². The van der Waals surface area contributed by atoms with Crippen molar-refractivity contribution in [3.8, 4) is 0 Å². The monoisotopic (exact) mass is 194 g/mol. The Labute approximate surface area is 87.5 Å². The quantitative estimate of drug-likeness (QED) is 0.565. The molecule has 0 saturated heterocycles. The molecule has 1 aliphatic rings. The van der Waals surface area contributed by atoms with Crippen molar-refractivity contribution in [1.29, 1.82) is 0 Å². The summed E-state index contributed by atoms with van der Waals surface area (Å²) in [6.07, 6.45) is 1.94. The third-order valence-electron chi connectivity index (χ3n) is 2.97. The molecule has 14 heavy (non-hydrogen) atoms. The first-order valence-electron chi connectivity index (χ1n) is 5.22. The molecule has 0 aromatic carbocycles. The molecule has 2 nitrogen and oxygen atoms in total. The van der Waals surface area contributed by atoms with E-state index in [9.17, 15) is 0 Å². The van der Waals surface area contributed by atoms with Crippen LogP contribution in [0.1, 0.15) is 48.5 Å². The molecule has 1 atom stereocenters. The van der Waals surface area contributed by atoms with Gasteiger partial charge < -0.3 is 0 Å². The van der Waals surface area contributed by atoms with Crippen molar-refractivity contribution in [2.75, 3.05) is 0 Å². The number of hydrogen-bond donors (Lipinski definition) is 0. The predicted molar refractivity (Wildman–Crippen MR) is 63.2 cm³/mol. The van der Waals surface area contributed by atoms with Crippen molar-refractivity contribution >= 4 is 11.9 Å². The second-order valence-electron chi connectivity index (χ2n) is 6.28. The average molecular weight is 194 g/mol. The highest BCUT2D eigenvalue weighted by atomic mass is 15.1. The van der Waals surface area contributed by atoms with Gasteiger partial charge in [-0.05, 0) is 6.92 Å². The van der Waals surface area contributed by atoms with Crippen molar-refractivity contribution in [2.45, 2.75) is 54.1 Å². The van der Waals surface area contributed by atoms with E-state index in [1.165, 1.54) is 0 Å². The van der Waals surface area contributed by atoms with E-state index in [0.29, 0.717) is 0 Å². The molecule has 0 aliphatic carbocycles. The highest BCUT2D eigenvalue weighted by Crippen LogP contribution is 2.38. The maximum Gasteiger partial charge on any atom is 0.152 e. The second kappa shape index (κ2) is 2.91. The number of nitrogens with zero attached hydrogens (tertiary/aromatic N) is 2. The summed E-state index contributed by atoms with van der Waals surface area (Å²) in [6, 6.07) is 0. The summed E-state index contributed by atoms with van der Waals surface area (Å²) >= 11 is 0. The number of hydrogen-bond acceptors (Lipinski definition) is 2. The molecule has 0 bridgehead atoms. The van der Waals surface area contributed by atoms with Crippen molar-refractivity contribution in [3.05, 3.63) is 0 Å². The van der Waals surface area contributed by atoms with Gasteiger partial charge in [0.25, 0.3) is 0 Å². The van der Waals surface area contributed by atoms with E-state index in [1.807, 2.05) is 6.21 Å². The largest absolute Gasteiger partial charge is 0.261 e. The minimum atomic E-state index is -0.282. The lowest BCUT2D eigenvalue weighted by atomic mass is 9.82. The van der Waals surface area contributed by atoms with Crippen molar-refractivity contribution in [2.24, 2.45) is 20.8 Å². The van der Waals surface area contributed by atoms with E-state index in [0.717, 1.165) is 5.71 Å². The molecule has 0 aromatic rings. The molecule has 0 aromatic heterocycles. The first kappa shape index (κ1) is 11.4. The molecule has 0 amide bonds. The Bertz CT molecular complexity index is 286. The van der Waals surface area contributed by atoms with Gasteiger partial charge in [0.1, 0.15) is 0 Å². The SMILES string of the molecule is CC(C)(C)C1=N[C@@](C)(C(C)(C)C)N=C1. The van der Waals surface area contributed by atoms with Gasteiger partial charge in [-0.3, -0.25) is 9.98 Å². The van der Waals surface area contributed by atoms with Crippen LogP contribution in [0.15, 0.2) is 9.98 Å². The normalized spacial score (nSPS) is 28.1. The van der Waals surface area contributed by atoms with Crippen LogP contribution in [-0.2, 0) is 0 Å². The maximum absolute atomic E-state index is 4.76. The Hall–Kier alpha value is -0.660. The molecule has 0 saturated carbocycles. The number of aliphatic imine (C=N–C) groups is 2. The summed E-state index contributed by atoms with van der Waals surface area (Å²) in [6.45, 7) is 15.2. The first-order chi connectivity index (χ1) is 6.06. The maximum atomic E-state index is 4.76. The van der Waals surface area contributed by atoms with E-state index >= 15 is 0 Å². The molecule has 0 N–H and O–H groups in total. The summed E-state index contributed by atoms with van der Waals surface area (Å²) in [5.41, 5.74) is 1.01. The average Bonchev–Trinajstić information content (AvgIpc) is 2.29. The fourth-order valence-electron chi connectivity index (χ4n) is 1.20. The Morgan fingerprint density at radius 3 is 1.79 bits per heavy atom. The Balaban J connectivity index is 3.04. The van der Waals surface area contributed by atoms with E-state index in [-0.39, 0.29) is 16.5 Å². The van der Waals surface area contributed by atoms with Crippen molar-refractivity contribution in [3.63, 3.8) is 0 Å². The third kappa shape index (κ3) is 1.89. The van der Waals surface area contributed by atoms with Crippen LogP contribution in [0.3, 0.4) is 0 Å². The van der Waals surface area contributed by atoms with Gasteiger partial charge in [0.05, 0.1) is 5.71 Å². The van der Waals surface area contributed by atoms with E-state index in [1.54, 1.807) is 0 Å². The molecule has 80 valence electrons. The predicted octanol–water partition coefficient (Wildman–Crippen LogP) is 3.32. The van der Waals surface area contributed by atoms with Gasteiger partial charge in [-0.2, -0.15) is 0 Å². The smallest absolute Gasteiger partial charge is 0.152 e.